The van der Waals surface area contributed by atoms with Gasteiger partial charge in [-0.05, 0) is 44.6 Å². The zero-order chi connectivity index (χ0) is 12.8. The van der Waals surface area contributed by atoms with Crippen molar-refractivity contribution in [2.24, 2.45) is 0 Å². The summed E-state index contributed by atoms with van der Waals surface area (Å²) < 4.78 is 0. The normalized spacial score (nSPS) is 12.7. The number of carboxylic acids is 1. The van der Waals surface area contributed by atoms with Gasteiger partial charge < -0.3 is 5.11 Å². The molecule has 0 spiro atoms. The zero-order valence-electron chi connectivity index (χ0n) is 10.2. The molecule has 1 rings (SSSR count). The fraction of sp³-hybridized carbons (Fsp3) is 0.462. The van der Waals surface area contributed by atoms with Gasteiger partial charge in [-0.2, -0.15) is 0 Å². The van der Waals surface area contributed by atoms with E-state index in [1.165, 1.54) is 0 Å². The van der Waals surface area contributed by atoms with Gasteiger partial charge in [-0.3, -0.25) is 9.69 Å². The lowest BCUT2D eigenvalue weighted by molar-refractivity contribution is -0.137. The molecule has 1 unspecified atom stereocenters. The molecule has 0 aliphatic rings. The summed E-state index contributed by atoms with van der Waals surface area (Å²) in [5, 5.41) is 9.31. The van der Waals surface area contributed by atoms with Crippen LogP contribution in [0.5, 0.6) is 0 Å². The zero-order valence-corrected chi connectivity index (χ0v) is 10.9. The summed E-state index contributed by atoms with van der Waals surface area (Å²) in [7, 11) is 1.99. The number of aliphatic carboxylic acids is 1. The van der Waals surface area contributed by atoms with E-state index in [4.69, 9.17) is 16.7 Å². The van der Waals surface area contributed by atoms with E-state index < -0.39 is 5.97 Å². The van der Waals surface area contributed by atoms with E-state index in [0.29, 0.717) is 6.42 Å². The lowest BCUT2D eigenvalue weighted by Gasteiger charge is -2.24. The Morgan fingerprint density at radius 2 is 2.24 bits per heavy atom. The van der Waals surface area contributed by atoms with Crippen LogP contribution in [0.15, 0.2) is 24.3 Å². The topological polar surface area (TPSA) is 40.5 Å². The smallest absolute Gasteiger partial charge is 0.303 e. The SMILES string of the molecule is CC(c1cccc(Cl)c1)N(C)CCCC(=O)O. The molecule has 0 aromatic heterocycles. The molecular weight excluding hydrogens is 238 g/mol. The second kappa shape index (κ2) is 6.62. The first-order chi connectivity index (χ1) is 8.00. The van der Waals surface area contributed by atoms with Crippen molar-refractivity contribution in [2.75, 3.05) is 13.6 Å². The van der Waals surface area contributed by atoms with Crippen LogP contribution in [-0.2, 0) is 4.79 Å². The molecule has 0 aliphatic carbocycles. The van der Waals surface area contributed by atoms with Gasteiger partial charge in [0.15, 0.2) is 0 Å². The molecule has 3 nitrogen and oxygen atoms in total. The molecule has 1 atom stereocenters. The summed E-state index contributed by atoms with van der Waals surface area (Å²) in [5.74, 6) is -0.742. The fourth-order valence-corrected chi connectivity index (χ4v) is 1.89. The third-order valence-corrected chi connectivity index (χ3v) is 3.13. The Bertz CT molecular complexity index is 381. The maximum absolute atomic E-state index is 10.4. The number of benzene rings is 1. The molecule has 0 heterocycles. The molecule has 4 heteroatoms. The van der Waals surface area contributed by atoms with Gasteiger partial charge in [0, 0.05) is 17.5 Å². The van der Waals surface area contributed by atoms with Crippen molar-refractivity contribution in [3.63, 3.8) is 0 Å². The average molecular weight is 256 g/mol. The highest BCUT2D eigenvalue weighted by Crippen LogP contribution is 2.21. The number of rotatable bonds is 6. The predicted molar refractivity (Wildman–Crippen MR) is 69.4 cm³/mol. The van der Waals surface area contributed by atoms with Crippen LogP contribution in [0.4, 0.5) is 0 Å². The summed E-state index contributed by atoms with van der Waals surface area (Å²) in [5.41, 5.74) is 1.15. The van der Waals surface area contributed by atoms with Crippen LogP contribution in [0.3, 0.4) is 0 Å². The first-order valence-corrected chi connectivity index (χ1v) is 6.06. The highest BCUT2D eigenvalue weighted by molar-refractivity contribution is 6.30. The van der Waals surface area contributed by atoms with Crippen LogP contribution in [0.1, 0.15) is 31.4 Å². The molecule has 1 aromatic rings. The summed E-state index contributed by atoms with van der Waals surface area (Å²) >= 11 is 5.94. The number of hydrogen-bond acceptors (Lipinski definition) is 2. The minimum atomic E-state index is -0.742. The van der Waals surface area contributed by atoms with Gasteiger partial charge in [0.1, 0.15) is 0 Å². The van der Waals surface area contributed by atoms with Crippen molar-refractivity contribution >= 4 is 17.6 Å². The molecule has 0 fully saturated rings. The summed E-state index contributed by atoms with van der Waals surface area (Å²) in [6.07, 6.45) is 0.878. The van der Waals surface area contributed by atoms with Crippen molar-refractivity contribution in [3.05, 3.63) is 34.9 Å². The van der Waals surface area contributed by atoms with Gasteiger partial charge in [-0.15, -0.1) is 0 Å². The Kier molecular flexibility index (Phi) is 5.45. The Labute approximate surface area is 107 Å². The number of hydrogen-bond donors (Lipinski definition) is 1. The Morgan fingerprint density at radius 3 is 2.82 bits per heavy atom. The van der Waals surface area contributed by atoms with Crippen molar-refractivity contribution < 1.29 is 9.90 Å². The Hall–Kier alpha value is -1.06. The van der Waals surface area contributed by atoms with Crippen molar-refractivity contribution in [3.8, 4) is 0 Å². The molecule has 0 saturated carbocycles. The van der Waals surface area contributed by atoms with E-state index in [0.717, 1.165) is 17.1 Å². The first kappa shape index (κ1) is 14.0. The summed E-state index contributed by atoms with van der Waals surface area (Å²) in [6.45, 7) is 2.85. The van der Waals surface area contributed by atoms with E-state index >= 15 is 0 Å². The maximum atomic E-state index is 10.4. The van der Waals surface area contributed by atoms with Gasteiger partial charge in [-0.25, -0.2) is 0 Å². The molecule has 0 aliphatic heterocycles. The van der Waals surface area contributed by atoms with E-state index in [1.807, 2.05) is 31.3 Å². The average Bonchev–Trinajstić information content (AvgIpc) is 2.27. The molecule has 94 valence electrons. The Morgan fingerprint density at radius 1 is 1.53 bits per heavy atom. The van der Waals surface area contributed by atoms with Crippen LogP contribution >= 0.6 is 11.6 Å². The van der Waals surface area contributed by atoms with E-state index in [2.05, 4.69) is 11.8 Å². The van der Waals surface area contributed by atoms with Crippen LogP contribution < -0.4 is 0 Å². The van der Waals surface area contributed by atoms with E-state index in [-0.39, 0.29) is 12.5 Å². The van der Waals surface area contributed by atoms with E-state index in [1.54, 1.807) is 0 Å². The third-order valence-electron chi connectivity index (χ3n) is 2.89. The number of carbonyl (C=O) groups is 1. The largest absolute Gasteiger partial charge is 0.481 e. The number of nitrogens with zero attached hydrogens (tertiary/aromatic N) is 1. The van der Waals surface area contributed by atoms with E-state index in [9.17, 15) is 4.79 Å². The monoisotopic (exact) mass is 255 g/mol. The van der Waals surface area contributed by atoms with Gasteiger partial charge in [0.2, 0.25) is 0 Å². The van der Waals surface area contributed by atoms with Crippen molar-refractivity contribution in [1.82, 2.24) is 4.90 Å². The Balaban J connectivity index is 2.51. The highest BCUT2D eigenvalue weighted by atomic mass is 35.5. The first-order valence-electron chi connectivity index (χ1n) is 5.68. The lowest BCUT2D eigenvalue weighted by atomic mass is 10.1. The maximum Gasteiger partial charge on any atom is 0.303 e. The molecule has 17 heavy (non-hydrogen) atoms. The molecule has 1 N–H and O–H groups in total. The van der Waals surface area contributed by atoms with Crippen molar-refractivity contribution in [1.29, 1.82) is 0 Å². The van der Waals surface area contributed by atoms with Crippen LogP contribution in [0.2, 0.25) is 5.02 Å². The minimum absolute atomic E-state index is 0.215. The van der Waals surface area contributed by atoms with Gasteiger partial charge in [0.25, 0.3) is 0 Å². The van der Waals surface area contributed by atoms with Crippen LogP contribution in [0, 0.1) is 0 Å². The minimum Gasteiger partial charge on any atom is -0.481 e. The molecule has 0 bridgehead atoms. The second-order valence-electron chi connectivity index (χ2n) is 4.21. The van der Waals surface area contributed by atoms with Gasteiger partial charge >= 0.3 is 5.97 Å². The molecule has 0 saturated heterocycles. The quantitative estimate of drug-likeness (QED) is 0.849. The molecular formula is C13H18ClNO2. The number of carboxylic acid groups (broad SMARTS) is 1. The summed E-state index contributed by atoms with van der Waals surface area (Å²) in [6, 6.07) is 7.99. The molecule has 1 aromatic carbocycles. The van der Waals surface area contributed by atoms with Crippen molar-refractivity contribution in [2.45, 2.75) is 25.8 Å². The van der Waals surface area contributed by atoms with Crippen LogP contribution in [0.25, 0.3) is 0 Å². The molecule has 0 radical (unpaired) electrons. The second-order valence-corrected chi connectivity index (χ2v) is 4.65. The number of halogens is 1. The highest BCUT2D eigenvalue weighted by Gasteiger charge is 2.11. The van der Waals surface area contributed by atoms with Gasteiger partial charge in [0.05, 0.1) is 0 Å². The third kappa shape index (κ3) is 4.75. The summed E-state index contributed by atoms with van der Waals surface area (Å²) in [4.78, 5) is 12.6. The fourth-order valence-electron chi connectivity index (χ4n) is 1.69. The molecule has 0 amide bonds. The van der Waals surface area contributed by atoms with Crippen LogP contribution in [-0.4, -0.2) is 29.6 Å². The standard InChI is InChI=1S/C13H18ClNO2/c1-10(11-5-3-6-12(14)9-11)15(2)8-4-7-13(16)17/h3,5-6,9-10H,4,7-8H2,1-2H3,(H,16,17). The lowest BCUT2D eigenvalue weighted by Crippen LogP contribution is -2.24. The predicted octanol–water partition coefficient (Wildman–Crippen LogP) is 3.20. The van der Waals surface area contributed by atoms with Gasteiger partial charge in [-0.1, -0.05) is 23.7 Å².